The van der Waals surface area contributed by atoms with E-state index in [0.717, 1.165) is 0 Å². The minimum absolute atomic E-state index is 0.00279. The highest BCUT2D eigenvalue weighted by molar-refractivity contribution is 5.79. The minimum atomic E-state index is -0.561. The van der Waals surface area contributed by atoms with E-state index in [0.29, 0.717) is 6.61 Å². The van der Waals surface area contributed by atoms with Crippen LogP contribution in [0.1, 0.15) is 54.9 Å². The van der Waals surface area contributed by atoms with E-state index in [9.17, 15) is 9.59 Å². The van der Waals surface area contributed by atoms with Crippen molar-refractivity contribution < 1.29 is 23.8 Å². The summed E-state index contributed by atoms with van der Waals surface area (Å²) in [6, 6.07) is 0. The third-order valence-electron chi connectivity index (χ3n) is 3.14. The van der Waals surface area contributed by atoms with Crippen LogP contribution in [0, 0.1) is 11.8 Å². The molecule has 0 aliphatic heterocycles. The summed E-state index contributed by atoms with van der Waals surface area (Å²) >= 11 is 0. The van der Waals surface area contributed by atoms with Crippen LogP contribution in [0.5, 0.6) is 0 Å². The van der Waals surface area contributed by atoms with E-state index < -0.39 is 23.5 Å². The van der Waals surface area contributed by atoms with Crippen molar-refractivity contribution in [3.05, 3.63) is 12.7 Å². The first-order valence-corrected chi connectivity index (χ1v) is 8.12. The van der Waals surface area contributed by atoms with E-state index in [1.54, 1.807) is 33.8 Å². The number of rotatable bonds is 9. The van der Waals surface area contributed by atoms with Crippen LogP contribution in [0.15, 0.2) is 12.7 Å². The molecule has 0 aromatic carbocycles. The van der Waals surface area contributed by atoms with E-state index >= 15 is 0 Å². The fourth-order valence-electron chi connectivity index (χ4n) is 2.06. The molecule has 0 saturated heterocycles. The maximum atomic E-state index is 12.2. The Bertz CT molecular complexity index is 395. The Labute approximate surface area is 140 Å². The molecule has 134 valence electrons. The highest BCUT2D eigenvalue weighted by Crippen LogP contribution is 2.18. The number of hydrogen-bond donors (Lipinski definition) is 0. The van der Waals surface area contributed by atoms with Crippen LogP contribution < -0.4 is 0 Å². The summed E-state index contributed by atoms with van der Waals surface area (Å²) in [5.74, 6) is -1.27. The summed E-state index contributed by atoms with van der Waals surface area (Å²) in [6.07, 6.45) is 1.04. The van der Waals surface area contributed by atoms with Gasteiger partial charge in [0.25, 0.3) is 0 Å². The molecule has 0 aromatic heterocycles. The molecule has 0 unspecified atom stereocenters. The molecule has 0 aliphatic carbocycles. The fourth-order valence-corrected chi connectivity index (χ4v) is 2.06. The second-order valence-electron chi connectivity index (χ2n) is 7.16. The molecule has 0 aliphatic rings. The Morgan fingerprint density at radius 1 is 1.13 bits per heavy atom. The third kappa shape index (κ3) is 9.39. The zero-order valence-corrected chi connectivity index (χ0v) is 15.5. The fraction of sp³-hybridized carbons (Fsp3) is 0.778. The van der Waals surface area contributed by atoms with E-state index in [1.165, 1.54) is 0 Å². The van der Waals surface area contributed by atoms with Crippen molar-refractivity contribution in [2.24, 2.45) is 11.8 Å². The molecule has 0 amide bonds. The first-order valence-electron chi connectivity index (χ1n) is 8.12. The van der Waals surface area contributed by atoms with Crippen LogP contribution in [-0.2, 0) is 23.8 Å². The van der Waals surface area contributed by atoms with Crippen LogP contribution in [0.25, 0.3) is 0 Å². The SMILES string of the molecule is C=CCO[C@@H](C)[C@H](OC(=O)[C@H](C)CC(=O)OC(C)(C)C)C(C)C. The molecule has 3 atom stereocenters. The van der Waals surface area contributed by atoms with Gasteiger partial charge in [0.15, 0.2) is 0 Å². The summed E-state index contributed by atoms with van der Waals surface area (Å²) in [7, 11) is 0. The predicted octanol–water partition coefficient (Wildman–Crippen LogP) is 3.51. The van der Waals surface area contributed by atoms with Crippen LogP contribution in [0.3, 0.4) is 0 Å². The van der Waals surface area contributed by atoms with Crippen molar-refractivity contribution in [3.63, 3.8) is 0 Å². The van der Waals surface area contributed by atoms with Gasteiger partial charge in [-0.2, -0.15) is 0 Å². The maximum absolute atomic E-state index is 12.2. The van der Waals surface area contributed by atoms with Gasteiger partial charge >= 0.3 is 11.9 Å². The molecule has 0 aromatic rings. The Kier molecular flexibility index (Phi) is 9.13. The van der Waals surface area contributed by atoms with Crippen LogP contribution in [0.2, 0.25) is 0 Å². The van der Waals surface area contributed by atoms with Gasteiger partial charge < -0.3 is 14.2 Å². The van der Waals surface area contributed by atoms with Gasteiger partial charge in [-0.15, -0.1) is 6.58 Å². The summed E-state index contributed by atoms with van der Waals surface area (Å²) < 4.78 is 16.3. The van der Waals surface area contributed by atoms with Crippen LogP contribution in [0.4, 0.5) is 0 Å². The quantitative estimate of drug-likeness (QED) is 0.479. The molecule has 0 bridgehead atoms. The molecule has 0 rings (SSSR count). The van der Waals surface area contributed by atoms with Gasteiger partial charge in [-0.25, -0.2) is 0 Å². The lowest BCUT2D eigenvalue weighted by molar-refractivity contribution is -0.169. The van der Waals surface area contributed by atoms with Crippen molar-refractivity contribution in [1.82, 2.24) is 0 Å². The van der Waals surface area contributed by atoms with Crippen molar-refractivity contribution >= 4 is 11.9 Å². The standard InChI is InChI=1S/C18H32O5/c1-9-10-21-14(5)16(12(2)3)22-17(20)13(4)11-15(19)23-18(6,7)8/h9,12-14,16H,1,10-11H2,2-8H3/t13-,14+,16-/m1/s1. The van der Waals surface area contributed by atoms with Crippen LogP contribution >= 0.6 is 0 Å². The summed E-state index contributed by atoms with van der Waals surface area (Å²) in [4.78, 5) is 24.0. The zero-order valence-electron chi connectivity index (χ0n) is 15.5. The van der Waals surface area contributed by atoms with Gasteiger partial charge in [-0.1, -0.05) is 26.8 Å². The third-order valence-corrected chi connectivity index (χ3v) is 3.14. The summed E-state index contributed by atoms with van der Waals surface area (Å²) in [5.41, 5.74) is -0.561. The Morgan fingerprint density at radius 3 is 2.13 bits per heavy atom. The molecule has 5 nitrogen and oxygen atoms in total. The average molecular weight is 328 g/mol. The van der Waals surface area contributed by atoms with Gasteiger partial charge in [0.1, 0.15) is 11.7 Å². The molecule has 0 fully saturated rings. The zero-order chi connectivity index (χ0) is 18.2. The number of hydrogen-bond acceptors (Lipinski definition) is 5. The summed E-state index contributed by atoms with van der Waals surface area (Å²) in [5, 5.41) is 0. The summed E-state index contributed by atoms with van der Waals surface area (Å²) in [6.45, 7) is 16.8. The minimum Gasteiger partial charge on any atom is -0.460 e. The first kappa shape index (κ1) is 21.6. The van der Waals surface area contributed by atoms with Crippen LogP contribution in [-0.4, -0.2) is 36.4 Å². The van der Waals surface area contributed by atoms with Crippen molar-refractivity contribution in [2.75, 3.05) is 6.61 Å². The molecule has 0 N–H and O–H groups in total. The highest BCUT2D eigenvalue weighted by atomic mass is 16.6. The Morgan fingerprint density at radius 2 is 1.70 bits per heavy atom. The predicted molar refractivity (Wildman–Crippen MR) is 90.0 cm³/mol. The van der Waals surface area contributed by atoms with Gasteiger partial charge in [0, 0.05) is 0 Å². The lowest BCUT2D eigenvalue weighted by Crippen LogP contribution is -2.37. The molecule has 0 spiro atoms. The molecule has 5 heteroatoms. The molecular weight excluding hydrogens is 296 g/mol. The number of carbonyl (C=O) groups excluding carboxylic acids is 2. The van der Waals surface area contributed by atoms with E-state index in [4.69, 9.17) is 14.2 Å². The van der Waals surface area contributed by atoms with E-state index in [2.05, 4.69) is 6.58 Å². The normalized spacial score (nSPS) is 15.7. The van der Waals surface area contributed by atoms with Gasteiger partial charge in [-0.05, 0) is 33.6 Å². The second kappa shape index (κ2) is 9.71. The molecule has 0 heterocycles. The van der Waals surface area contributed by atoms with Gasteiger partial charge in [-0.3, -0.25) is 9.59 Å². The molecule has 0 radical (unpaired) electrons. The van der Waals surface area contributed by atoms with Crippen molar-refractivity contribution in [3.8, 4) is 0 Å². The average Bonchev–Trinajstić information content (AvgIpc) is 2.38. The van der Waals surface area contributed by atoms with E-state index in [-0.39, 0.29) is 24.5 Å². The topological polar surface area (TPSA) is 61.8 Å². The monoisotopic (exact) mass is 328 g/mol. The molecule has 0 saturated carbocycles. The van der Waals surface area contributed by atoms with Crippen molar-refractivity contribution in [2.45, 2.75) is 72.7 Å². The van der Waals surface area contributed by atoms with E-state index in [1.807, 2.05) is 20.8 Å². The smallest absolute Gasteiger partial charge is 0.309 e. The van der Waals surface area contributed by atoms with Gasteiger partial charge in [0.2, 0.25) is 0 Å². The number of carbonyl (C=O) groups is 2. The number of ether oxygens (including phenoxy) is 3. The highest BCUT2D eigenvalue weighted by Gasteiger charge is 2.29. The maximum Gasteiger partial charge on any atom is 0.309 e. The molecule has 23 heavy (non-hydrogen) atoms. The Balaban J connectivity index is 4.61. The van der Waals surface area contributed by atoms with Crippen molar-refractivity contribution in [1.29, 1.82) is 0 Å². The first-order chi connectivity index (χ1) is 10.5. The number of esters is 2. The van der Waals surface area contributed by atoms with Gasteiger partial charge in [0.05, 0.1) is 25.0 Å². The lowest BCUT2D eigenvalue weighted by Gasteiger charge is -2.28. The lowest BCUT2D eigenvalue weighted by atomic mass is 10.0. The largest absolute Gasteiger partial charge is 0.460 e. The molecular formula is C18H32O5. The Hall–Kier alpha value is -1.36. The second-order valence-corrected chi connectivity index (χ2v) is 7.16.